The highest BCUT2D eigenvalue weighted by Crippen LogP contribution is 2.50. The number of benzene rings is 4. The maximum atomic E-state index is 13.7. The second kappa shape index (κ2) is 41.5. The van der Waals surface area contributed by atoms with Crippen LogP contribution in [0.3, 0.4) is 0 Å². The molecule has 3 amide bonds. The highest BCUT2D eigenvalue weighted by atomic mass is 31.1. The summed E-state index contributed by atoms with van der Waals surface area (Å²) in [7, 11) is -1.25. The average Bonchev–Trinajstić information content (AvgIpc) is 2.66. The Bertz CT molecular complexity index is 2980. The number of aromatic nitrogens is 4. The van der Waals surface area contributed by atoms with E-state index in [4.69, 9.17) is 48.4 Å². The van der Waals surface area contributed by atoms with E-state index in [0.717, 1.165) is 40.1 Å². The van der Waals surface area contributed by atoms with Gasteiger partial charge in [-0.05, 0) is 88.3 Å². The molecule has 4 aromatic carbocycles. The topological polar surface area (TPSA) is 268 Å². The molecule has 0 saturated heterocycles. The van der Waals surface area contributed by atoms with Gasteiger partial charge in [-0.25, -0.2) is 4.98 Å². The van der Waals surface area contributed by atoms with E-state index in [1.54, 1.807) is 12.1 Å². The number of hydrogen-bond acceptors (Lipinski definition) is 17. The Hall–Kier alpha value is -6.94. The molecule has 6 rings (SSSR count). The number of fused-ring (bicyclic) bond motifs is 1. The number of rotatable bonds is 47. The van der Waals surface area contributed by atoms with Crippen molar-refractivity contribution in [3.8, 4) is 5.88 Å². The first kappa shape index (κ1) is 73.1. The third-order valence-corrected chi connectivity index (χ3v) is 18.6. The fourth-order valence-electron chi connectivity index (χ4n) is 9.93. The van der Waals surface area contributed by atoms with E-state index in [-0.39, 0.29) is 41.9 Å². The first-order chi connectivity index (χ1) is 44.2. The van der Waals surface area contributed by atoms with E-state index in [9.17, 15) is 19.2 Å². The lowest BCUT2D eigenvalue weighted by Gasteiger charge is -2.39. The summed E-state index contributed by atoms with van der Waals surface area (Å²) in [5, 5.41) is 10.9. The quantitative estimate of drug-likeness (QED) is 0.0135. The molecule has 22 heteroatoms. The third-order valence-electron chi connectivity index (χ3n) is 16.0. The molecular formula is C69H97N8O13P. The summed E-state index contributed by atoms with van der Waals surface area (Å²) in [6.45, 7) is 21.1. The number of nitrogens with one attached hydrogen (secondary N) is 4. The molecule has 0 aliphatic rings. The van der Waals surface area contributed by atoms with Gasteiger partial charge in [0, 0.05) is 65.6 Å². The molecule has 91 heavy (non-hydrogen) atoms. The van der Waals surface area contributed by atoms with Crippen molar-refractivity contribution in [3.05, 3.63) is 138 Å². The van der Waals surface area contributed by atoms with Gasteiger partial charge in [-0.15, -0.1) is 0 Å². The fourth-order valence-corrected chi connectivity index (χ4v) is 12.4. The molecule has 21 nitrogen and oxygen atoms in total. The van der Waals surface area contributed by atoms with Crippen molar-refractivity contribution in [2.24, 2.45) is 23.2 Å². The zero-order valence-corrected chi connectivity index (χ0v) is 55.0. The molecule has 4 atom stereocenters. The predicted octanol–water partition coefficient (Wildman–Crippen LogP) is 9.15. The smallest absolute Gasteiger partial charge is 0.306 e. The first-order valence-corrected chi connectivity index (χ1v) is 33.4. The molecule has 0 spiro atoms. The van der Waals surface area contributed by atoms with Gasteiger partial charge in [0.25, 0.3) is 5.91 Å². The van der Waals surface area contributed by atoms with E-state index in [1.807, 2.05) is 97.1 Å². The SMILES string of the molecule is CCC(C)(CC(=O)NCCCOCCOCCOCCCNC(=O)c1ccc(C(OC(=O)CCCC(=O)NCCOCCOCCOCCOCc2ccc(COc3nc(N)nc4nc[nH]c34)cc2)P(c2ccccc2)c2ccccc2)cc1)C(C)C(C)C(C)C. The Labute approximate surface area is 538 Å². The van der Waals surface area contributed by atoms with Crippen molar-refractivity contribution in [1.29, 1.82) is 0 Å². The van der Waals surface area contributed by atoms with Gasteiger partial charge in [0.2, 0.25) is 23.6 Å². The van der Waals surface area contributed by atoms with Gasteiger partial charge in [0.05, 0.1) is 85.6 Å². The van der Waals surface area contributed by atoms with Crippen LogP contribution in [0.5, 0.6) is 5.88 Å². The molecule has 0 saturated carbocycles. The predicted molar refractivity (Wildman–Crippen MR) is 353 cm³/mol. The molecule has 0 aliphatic carbocycles. The number of imidazole rings is 1. The van der Waals surface area contributed by atoms with Crippen molar-refractivity contribution in [1.82, 2.24) is 35.9 Å². The number of nitrogen functional groups attached to an aromatic ring is 1. The average molecular weight is 1280 g/mol. The van der Waals surface area contributed by atoms with Gasteiger partial charge >= 0.3 is 5.97 Å². The van der Waals surface area contributed by atoms with Crippen LogP contribution in [0.2, 0.25) is 0 Å². The summed E-state index contributed by atoms with van der Waals surface area (Å²) in [6, 6.07) is 35.0. The van der Waals surface area contributed by atoms with Gasteiger partial charge in [-0.2, -0.15) is 9.97 Å². The second-order valence-corrected chi connectivity index (χ2v) is 25.2. The maximum absolute atomic E-state index is 13.7. The van der Waals surface area contributed by atoms with Crippen LogP contribution in [-0.4, -0.2) is 149 Å². The minimum absolute atomic E-state index is 0.0282. The van der Waals surface area contributed by atoms with Crippen LogP contribution in [0.1, 0.15) is 119 Å². The summed E-state index contributed by atoms with van der Waals surface area (Å²) in [6.07, 6.45) is 4.87. The van der Waals surface area contributed by atoms with Crippen molar-refractivity contribution < 1.29 is 61.8 Å². The Morgan fingerprint density at radius 2 is 1.11 bits per heavy atom. The monoisotopic (exact) mass is 1280 g/mol. The van der Waals surface area contributed by atoms with Crippen LogP contribution in [-0.2, 0) is 65.5 Å². The molecule has 0 fully saturated rings. The number of carbonyl (C=O) groups is 4. The maximum Gasteiger partial charge on any atom is 0.306 e. The zero-order chi connectivity index (χ0) is 64.9. The largest absolute Gasteiger partial charge is 0.471 e. The lowest BCUT2D eigenvalue weighted by Crippen LogP contribution is -2.37. The van der Waals surface area contributed by atoms with Crippen LogP contribution in [0.25, 0.3) is 11.2 Å². The second-order valence-electron chi connectivity index (χ2n) is 22.9. The molecule has 6 N–H and O–H groups in total. The molecule has 0 radical (unpaired) electrons. The van der Waals surface area contributed by atoms with Gasteiger partial charge in [-0.1, -0.05) is 139 Å². The summed E-state index contributed by atoms with van der Waals surface area (Å²) in [5.74, 6) is 0.619. The Balaban J connectivity index is 0.787. The number of nitrogens with zero attached hydrogens (tertiary/aromatic N) is 3. The summed E-state index contributed by atoms with van der Waals surface area (Å²) < 4.78 is 51.9. The van der Waals surface area contributed by atoms with E-state index < -0.39 is 19.7 Å². The van der Waals surface area contributed by atoms with Crippen molar-refractivity contribution in [2.45, 2.75) is 106 Å². The number of aromatic amines is 1. The van der Waals surface area contributed by atoms with Gasteiger partial charge in [-0.3, -0.25) is 19.2 Å². The van der Waals surface area contributed by atoms with E-state index >= 15 is 0 Å². The normalized spacial score (nSPS) is 13.2. The first-order valence-electron chi connectivity index (χ1n) is 32.0. The van der Waals surface area contributed by atoms with Gasteiger partial charge < -0.3 is 69.3 Å². The minimum Gasteiger partial charge on any atom is -0.471 e. The number of ether oxygens (including phenoxy) is 9. The van der Waals surface area contributed by atoms with Crippen LogP contribution in [0.4, 0.5) is 5.95 Å². The molecule has 2 aromatic heterocycles. The molecular weight excluding hydrogens is 1180 g/mol. The lowest BCUT2D eigenvalue weighted by atomic mass is 9.66. The zero-order valence-electron chi connectivity index (χ0n) is 54.1. The number of carbonyl (C=O) groups excluding carboxylic acids is 4. The van der Waals surface area contributed by atoms with Gasteiger partial charge in [0.1, 0.15) is 12.1 Å². The van der Waals surface area contributed by atoms with Crippen LogP contribution in [0.15, 0.2) is 116 Å². The Kier molecular flexibility index (Phi) is 33.4. The van der Waals surface area contributed by atoms with E-state index in [0.29, 0.717) is 178 Å². The number of anilines is 1. The number of nitrogens with two attached hydrogens (primary N) is 1. The Morgan fingerprint density at radius 1 is 0.582 bits per heavy atom. The highest BCUT2D eigenvalue weighted by Gasteiger charge is 2.36. The van der Waals surface area contributed by atoms with Crippen molar-refractivity contribution in [3.63, 3.8) is 0 Å². The number of amides is 3. The number of hydrogen-bond donors (Lipinski definition) is 5. The highest BCUT2D eigenvalue weighted by molar-refractivity contribution is 7.73. The van der Waals surface area contributed by atoms with Crippen molar-refractivity contribution >= 4 is 59.3 Å². The summed E-state index contributed by atoms with van der Waals surface area (Å²) >= 11 is 0. The molecule has 4 unspecified atom stereocenters. The molecule has 2 heterocycles. The molecule has 496 valence electrons. The third kappa shape index (κ3) is 26.7. The van der Waals surface area contributed by atoms with Crippen LogP contribution < -0.4 is 37.0 Å². The van der Waals surface area contributed by atoms with Crippen LogP contribution in [0, 0.1) is 23.2 Å². The van der Waals surface area contributed by atoms with E-state index in [1.165, 1.54) is 6.33 Å². The minimum atomic E-state index is -1.25. The number of H-pyrrole nitrogens is 1. The van der Waals surface area contributed by atoms with Crippen LogP contribution >= 0.6 is 7.92 Å². The standard InChI is InChI=1S/C69H97N8O13P/c1-7-69(6,53(5)52(4)51(2)3)47-61(79)71-31-15-34-82-37-40-85-41-38-83-35-16-32-73-65(81)56-27-29-57(30-28-56)67(91(58-17-10-8-11-18-58)59-19-12-9-13-20-59)90-62(80)22-14-21-60(78)72-33-36-84-39-42-86-43-44-87-45-46-88-48-54-23-25-55(26-24-54)49-89-66-63-64(75-50-74-63)76-68(70)77-66/h8-13,17-20,23-30,50-53,67H,7,14-16,21-22,31-49H2,1-6H3,(H,71,79)(H,72,78)(H,73,81)(H3,70,74,75,76,77). The summed E-state index contributed by atoms with van der Waals surface area (Å²) in [5.41, 5.74) is 9.99. The molecule has 0 aliphatic heterocycles. The summed E-state index contributed by atoms with van der Waals surface area (Å²) in [4.78, 5) is 67.7. The Morgan fingerprint density at radius 3 is 1.68 bits per heavy atom. The van der Waals surface area contributed by atoms with Crippen molar-refractivity contribution in [2.75, 3.05) is 111 Å². The fraction of sp³-hybridized carbons (Fsp3) is 0.522. The van der Waals surface area contributed by atoms with Gasteiger partial charge in [0.15, 0.2) is 11.5 Å². The van der Waals surface area contributed by atoms with E-state index in [2.05, 4.69) is 77.4 Å². The molecule has 0 bridgehead atoms. The molecule has 6 aromatic rings. The number of esters is 1. The lowest BCUT2D eigenvalue weighted by molar-refractivity contribution is -0.145.